The van der Waals surface area contributed by atoms with Gasteiger partial charge in [0.25, 0.3) is 0 Å². The van der Waals surface area contributed by atoms with E-state index in [0.717, 1.165) is 31.5 Å². The highest BCUT2D eigenvalue weighted by atomic mass is 16.5. The molecule has 0 saturated heterocycles. The van der Waals surface area contributed by atoms with Crippen LogP contribution in [0.4, 0.5) is 5.69 Å². The Bertz CT molecular complexity index is 1820. The van der Waals surface area contributed by atoms with E-state index in [9.17, 15) is 15.8 Å². The summed E-state index contributed by atoms with van der Waals surface area (Å²) in [6, 6.07) is 23.4. The Labute approximate surface area is 293 Å². The molecule has 2 aromatic carbocycles. The summed E-state index contributed by atoms with van der Waals surface area (Å²) in [5, 5.41) is 29.7. The minimum Gasteiger partial charge on any atom is -0.474 e. The van der Waals surface area contributed by atoms with Crippen molar-refractivity contribution in [3.63, 3.8) is 0 Å². The molecule has 0 amide bonds. The van der Waals surface area contributed by atoms with Gasteiger partial charge in [-0.25, -0.2) is 0 Å². The molecule has 250 valence electrons. The van der Waals surface area contributed by atoms with Gasteiger partial charge in [0.2, 0.25) is 0 Å². The molecule has 49 heavy (non-hydrogen) atoms. The maximum atomic E-state index is 10.3. The second-order valence-corrected chi connectivity index (χ2v) is 14.4. The summed E-state index contributed by atoms with van der Waals surface area (Å²) in [5.74, 6) is 0.621. The van der Waals surface area contributed by atoms with E-state index in [2.05, 4.69) is 111 Å². The van der Waals surface area contributed by atoms with E-state index in [1.807, 2.05) is 31.2 Å². The second kappa shape index (κ2) is 15.4. The van der Waals surface area contributed by atoms with Crippen LogP contribution in [-0.4, -0.2) is 13.1 Å². The van der Waals surface area contributed by atoms with Crippen molar-refractivity contribution in [1.82, 2.24) is 0 Å². The Kier molecular flexibility index (Phi) is 11.1. The van der Waals surface area contributed by atoms with Gasteiger partial charge in [-0.2, -0.15) is 15.8 Å². The van der Waals surface area contributed by atoms with Crippen molar-refractivity contribution in [3.05, 3.63) is 129 Å². The molecule has 5 heteroatoms. The lowest BCUT2D eigenvalue weighted by molar-refractivity contribution is 0.0754. The van der Waals surface area contributed by atoms with Gasteiger partial charge in [0.15, 0.2) is 16.9 Å². The molecular weight excluding hydrogens is 601 g/mol. The molecule has 0 radical (unpaired) electrons. The number of allylic oxidation sites excluding steroid dienone is 8. The van der Waals surface area contributed by atoms with Crippen molar-refractivity contribution in [2.24, 2.45) is 5.41 Å². The van der Waals surface area contributed by atoms with Gasteiger partial charge in [0.05, 0.1) is 0 Å². The van der Waals surface area contributed by atoms with E-state index in [1.54, 1.807) is 0 Å². The number of nitrogens with zero attached hydrogens (tertiary/aromatic N) is 4. The summed E-state index contributed by atoms with van der Waals surface area (Å²) in [7, 11) is 0. The van der Waals surface area contributed by atoms with Crippen LogP contribution in [0.2, 0.25) is 0 Å². The van der Waals surface area contributed by atoms with Gasteiger partial charge in [-0.05, 0) is 97.8 Å². The van der Waals surface area contributed by atoms with Crippen LogP contribution in [0.3, 0.4) is 0 Å². The number of hydrogen-bond acceptors (Lipinski definition) is 5. The molecule has 1 atom stereocenters. The zero-order valence-electron chi connectivity index (χ0n) is 29.7. The van der Waals surface area contributed by atoms with E-state index >= 15 is 0 Å². The zero-order chi connectivity index (χ0) is 35.0. The van der Waals surface area contributed by atoms with E-state index < -0.39 is 5.60 Å². The number of rotatable bonds is 9. The third-order valence-corrected chi connectivity index (χ3v) is 10.2. The normalized spacial score (nSPS) is 21.7. The van der Waals surface area contributed by atoms with Gasteiger partial charge in [0.1, 0.15) is 23.8 Å². The standard InChI is InChI=1S/C44H48N4O/c1-6-48(7-2)39-24-18-32(19-25-39)16-17-34-26-33(27-43(3,4)28-34)12-11-15-41-40(31-47)42(37(29-45)30-46)49-44(41,5)38-22-20-36(21-23-38)35-13-9-8-10-14-35/h11-12,15-26,35H,6-10,13-14,27-28H2,1-5H3/b15-11+,17-16+,33-12+. The molecule has 2 aromatic rings. The summed E-state index contributed by atoms with van der Waals surface area (Å²) >= 11 is 0. The molecular formula is C44H48N4O. The predicted molar refractivity (Wildman–Crippen MR) is 199 cm³/mol. The topological polar surface area (TPSA) is 83.8 Å². The third kappa shape index (κ3) is 7.99. The van der Waals surface area contributed by atoms with Crippen LogP contribution in [-0.2, 0) is 10.3 Å². The summed E-state index contributed by atoms with van der Waals surface area (Å²) in [4.78, 5) is 2.34. The van der Waals surface area contributed by atoms with E-state index in [-0.39, 0.29) is 22.3 Å². The first-order chi connectivity index (χ1) is 23.6. The molecule has 5 rings (SSSR count). The number of nitriles is 3. The SMILES string of the molecule is CCN(CC)c1ccc(/C=C/C2=CC(=C\C=C\C3=C(C#N)C(=C(C#N)C#N)OC3(C)c3ccc(C4CCCCC4)cc3)/CC(C)(C)C2)cc1. The number of hydrogen-bond donors (Lipinski definition) is 0. The fraction of sp³-hybridized carbons (Fsp3) is 0.386. The zero-order valence-corrected chi connectivity index (χ0v) is 29.7. The average Bonchev–Trinajstić information content (AvgIpc) is 3.40. The maximum absolute atomic E-state index is 10.3. The van der Waals surface area contributed by atoms with Crippen molar-refractivity contribution in [3.8, 4) is 18.2 Å². The highest BCUT2D eigenvalue weighted by molar-refractivity contribution is 5.63. The molecule has 1 unspecified atom stereocenters. The van der Waals surface area contributed by atoms with Gasteiger partial charge in [-0.3, -0.25) is 0 Å². The van der Waals surface area contributed by atoms with Crippen LogP contribution in [0, 0.1) is 39.4 Å². The molecule has 1 saturated carbocycles. The molecule has 0 bridgehead atoms. The lowest BCUT2D eigenvalue weighted by atomic mass is 9.75. The van der Waals surface area contributed by atoms with Crippen molar-refractivity contribution in [1.29, 1.82) is 15.8 Å². The van der Waals surface area contributed by atoms with Crippen molar-refractivity contribution in [2.75, 3.05) is 18.0 Å². The Balaban J connectivity index is 1.45. The third-order valence-electron chi connectivity index (χ3n) is 10.2. The Morgan fingerprint density at radius 2 is 1.53 bits per heavy atom. The highest BCUT2D eigenvalue weighted by Crippen LogP contribution is 2.47. The fourth-order valence-corrected chi connectivity index (χ4v) is 7.63. The monoisotopic (exact) mass is 648 g/mol. The Hall–Kier alpha value is -5.05. The molecule has 5 nitrogen and oxygen atoms in total. The smallest absolute Gasteiger partial charge is 0.172 e. The molecule has 1 fully saturated rings. The van der Waals surface area contributed by atoms with Crippen LogP contribution in [0.15, 0.2) is 113 Å². The maximum Gasteiger partial charge on any atom is 0.172 e. The number of benzene rings is 2. The lowest BCUT2D eigenvalue weighted by Crippen LogP contribution is -2.23. The van der Waals surface area contributed by atoms with Crippen LogP contribution < -0.4 is 4.90 Å². The van der Waals surface area contributed by atoms with Crippen LogP contribution >= 0.6 is 0 Å². The Morgan fingerprint density at radius 1 is 0.857 bits per heavy atom. The van der Waals surface area contributed by atoms with E-state index in [1.165, 1.54) is 60.1 Å². The molecule has 1 aliphatic heterocycles. The average molecular weight is 649 g/mol. The number of ether oxygens (including phenoxy) is 1. The molecule has 0 N–H and O–H groups in total. The van der Waals surface area contributed by atoms with Gasteiger partial charge >= 0.3 is 0 Å². The van der Waals surface area contributed by atoms with Crippen molar-refractivity contribution >= 4 is 11.8 Å². The van der Waals surface area contributed by atoms with Gasteiger partial charge in [-0.1, -0.05) is 106 Å². The quantitative estimate of drug-likeness (QED) is 0.253. The fourth-order valence-electron chi connectivity index (χ4n) is 7.63. The van der Waals surface area contributed by atoms with Crippen LogP contribution in [0.1, 0.15) is 102 Å². The minimum absolute atomic E-state index is 0.0508. The summed E-state index contributed by atoms with van der Waals surface area (Å²) in [6.45, 7) is 12.8. The molecule has 2 aliphatic carbocycles. The first-order valence-electron chi connectivity index (χ1n) is 17.7. The minimum atomic E-state index is -1.03. The lowest BCUT2D eigenvalue weighted by Gasteiger charge is -2.30. The first-order valence-corrected chi connectivity index (χ1v) is 17.7. The summed E-state index contributed by atoms with van der Waals surface area (Å²) in [5.41, 5.74) is 6.82. The van der Waals surface area contributed by atoms with Crippen molar-refractivity contribution in [2.45, 2.75) is 91.1 Å². The van der Waals surface area contributed by atoms with Gasteiger partial charge in [0, 0.05) is 24.4 Å². The van der Waals surface area contributed by atoms with E-state index in [4.69, 9.17) is 4.74 Å². The van der Waals surface area contributed by atoms with Crippen molar-refractivity contribution < 1.29 is 4.74 Å². The summed E-state index contributed by atoms with van der Waals surface area (Å²) < 4.78 is 6.42. The van der Waals surface area contributed by atoms with Crippen LogP contribution in [0.5, 0.6) is 0 Å². The van der Waals surface area contributed by atoms with Crippen LogP contribution in [0.25, 0.3) is 6.08 Å². The Morgan fingerprint density at radius 3 is 2.14 bits per heavy atom. The predicted octanol–water partition coefficient (Wildman–Crippen LogP) is 10.9. The van der Waals surface area contributed by atoms with E-state index in [0.29, 0.717) is 11.5 Å². The largest absolute Gasteiger partial charge is 0.474 e. The summed E-state index contributed by atoms with van der Waals surface area (Å²) in [6.07, 6.45) is 20.8. The molecule has 0 aromatic heterocycles. The van der Waals surface area contributed by atoms with Gasteiger partial charge < -0.3 is 9.64 Å². The molecule has 1 heterocycles. The second-order valence-electron chi connectivity index (χ2n) is 14.4. The molecule has 0 spiro atoms. The highest BCUT2D eigenvalue weighted by Gasteiger charge is 2.44. The first kappa shape index (κ1) is 35.3. The molecule has 3 aliphatic rings. The van der Waals surface area contributed by atoms with Gasteiger partial charge in [-0.15, -0.1) is 0 Å². The number of anilines is 1.